The zero-order valence-electron chi connectivity index (χ0n) is 17.5. The Morgan fingerprint density at radius 1 is 1.09 bits per heavy atom. The summed E-state index contributed by atoms with van der Waals surface area (Å²) in [5.74, 6) is -0.448. The molecule has 33 heavy (non-hydrogen) atoms. The Morgan fingerprint density at radius 2 is 1.85 bits per heavy atom. The molecular weight excluding hydrogens is 507 g/mol. The molecule has 1 fully saturated rings. The first kappa shape index (κ1) is 25.1. The molecule has 0 spiro atoms. The number of amides is 2. The molecule has 2 aromatic rings. The van der Waals surface area contributed by atoms with Gasteiger partial charge in [0.15, 0.2) is 16.6 Å². The lowest BCUT2D eigenvalue weighted by atomic mass is 10.1. The summed E-state index contributed by atoms with van der Waals surface area (Å²) in [5, 5.41) is 3.63. The smallest absolute Gasteiger partial charge is 0.265 e. The molecule has 1 N–H and O–H groups in total. The van der Waals surface area contributed by atoms with Gasteiger partial charge in [-0.2, -0.15) is 0 Å². The van der Waals surface area contributed by atoms with Crippen LogP contribution < -0.4 is 14.8 Å². The van der Waals surface area contributed by atoms with Gasteiger partial charge in [-0.05, 0) is 60.6 Å². The number of nitrogens with one attached hydrogen (secondary N) is 1. The zero-order chi connectivity index (χ0) is 24.1. The molecule has 3 rings (SSSR count). The predicted molar refractivity (Wildman–Crippen MR) is 134 cm³/mol. The van der Waals surface area contributed by atoms with Gasteiger partial charge in [0.25, 0.3) is 11.8 Å². The van der Waals surface area contributed by atoms with Crippen molar-refractivity contribution in [1.29, 1.82) is 0 Å². The molecule has 0 saturated carbocycles. The Bertz CT molecular complexity index is 1170. The van der Waals surface area contributed by atoms with Gasteiger partial charge in [-0.1, -0.05) is 46.9 Å². The number of thiocarbonyl (C=S) groups is 1. The average Bonchev–Trinajstić information content (AvgIpc) is 2.76. The first-order chi connectivity index (χ1) is 15.7. The summed E-state index contributed by atoms with van der Waals surface area (Å²) in [5.41, 5.74) is 1.18. The molecule has 1 heterocycles. The molecule has 0 aromatic heterocycles. The molecule has 0 radical (unpaired) electrons. The standard InChI is InChI=1S/C23H19Cl3N2O4S/c1-3-7-28-22(30)15(21(29)27-23(28)33)8-14-10-18(26)20(19(11-14)31-4-2)32-12-13-5-6-16(24)17(25)9-13/h3,5-6,8-11H,1,4,7,12H2,2H3,(H,27,29,33)/b15-8+. The van der Waals surface area contributed by atoms with E-state index in [-0.39, 0.29) is 28.9 Å². The van der Waals surface area contributed by atoms with Gasteiger partial charge in [0.1, 0.15) is 12.2 Å². The SMILES string of the molecule is C=CCN1C(=O)/C(=C/c2cc(Cl)c(OCc3ccc(Cl)c(Cl)c3)c(OCC)c2)C(=O)NC1=S. The van der Waals surface area contributed by atoms with Crippen LogP contribution in [0.15, 0.2) is 48.6 Å². The molecule has 10 heteroatoms. The molecule has 1 aliphatic heterocycles. The Kier molecular flexibility index (Phi) is 8.37. The van der Waals surface area contributed by atoms with E-state index in [1.165, 1.54) is 17.1 Å². The quantitative estimate of drug-likeness (QED) is 0.215. The second-order valence-corrected chi connectivity index (χ2v) is 8.43. The highest BCUT2D eigenvalue weighted by Gasteiger charge is 2.32. The van der Waals surface area contributed by atoms with Crippen LogP contribution in [0, 0.1) is 0 Å². The van der Waals surface area contributed by atoms with E-state index >= 15 is 0 Å². The van der Waals surface area contributed by atoms with E-state index in [0.717, 1.165) is 5.56 Å². The maximum absolute atomic E-state index is 12.8. The summed E-state index contributed by atoms with van der Waals surface area (Å²) in [4.78, 5) is 26.4. The van der Waals surface area contributed by atoms with Crippen molar-refractivity contribution < 1.29 is 19.1 Å². The van der Waals surface area contributed by atoms with Crippen LogP contribution in [0.5, 0.6) is 11.5 Å². The third-order valence-electron chi connectivity index (χ3n) is 4.51. The molecule has 0 unspecified atom stereocenters. The van der Waals surface area contributed by atoms with Gasteiger partial charge in [-0.25, -0.2) is 0 Å². The topological polar surface area (TPSA) is 67.9 Å². The third kappa shape index (κ3) is 5.86. The minimum Gasteiger partial charge on any atom is -0.490 e. The summed E-state index contributed by atoms with van der Waals surface area (Å²) in [6.45, 7) is 6.11. The van der Waals surface area contributed by atoms with Gasteiger partial charge < -0.3 is 9.47 Å². The number of halogens is 3. The molecule has 172 valence electrons. The third-order valence-corrected chi connectivity index (χ3v) is 5.85. The summed E-state index contributed by atoms with van der Waals surface area (Å²) in [6.07, 6.45) is 2.94. The van der Waals surface area contributed by atoms with Crippen LogP contribution in [0.2, 0.25) is 15.1 Å². The molecule has 1 saturated heterocycles. The van der Waals surface area contributed by atoms with E-state index in [4.69, 9.17) is 56.5 Å². The molecule has 0 aliphatic carbocycles. The summed E-state index contributed by atoms with van der Waals surface area (Å²) in [7, 11) is 0. The van der Waals surface area contributed by atoms with Crippen LogP contribution in [0.25, 0.3) is 6.08 Å². The Morgan fingerprint density at radius 3 is 2.52 bits per heavy atom. The molecule has 0 bridgehead atoms. The molecule has 2 aromatic carbocycles. The fourth-order valence-electron chi connectivity index (χ4n) is 3.01. The minimum absolute atomic E-state index is 0.0288. The first-order valence-corrected chi connectivity index (χ1v) is 11.3. The zero-order valence-corrected chi connectivity index (χ0v) is 20.6. The lowest BCUT2D eigenvalue weighted by molar-refractivity contribution is -0.128. The van der Waals surface area contributed by atoms with Crippen LogP contribution >= 0.6 is 47.0 Å². The van der Waals surface area contributed by atoms with Crippen molar-refractivity contribution in [3.8, 4) is 11.5 Å². The molecule has 6 nitrogen and oxygen atoms in total. The molecular formula is C23H19Cl3N2O4S. The van der Waals surface area contributed by atoms with Crippen LogP contribution in [0.3, 0.4) is 0 Å². The Labute approximate surface area is 211 Å². The average molecular weight is 526 g/mol. The molecule has 0 atom stereocenters. The van der Waals surface area contributed by atoms with E-state index < -0.39 is 11.8 Å². The number of hydrogen-bond acceptors (Lipinski definition) is 5. The largest absolute Gasteiger partial charge is 0.490 e. The van der Waals surface area contributed by atoms with E-state index in [2.05, 4.69) is 11.9 Å². The number of ether oxygens (including phenoxy) is 2. The molecule has 2 amide bonds. The Balaban J connectivity index is 1.92. The number of benzene rings is 2. The number of carbonyl (C=O) groups excluding carboxylic acids is 2. The maximum atomic E-state index is 12.8. The van der Waals surface area contributed by atoms with Crippen molar-refractivity contribution in [2.75, 3.05) is 13.2 Å². The monoisotopic (exact) mass is 524 g/mol. The van der Waals surface area contributed by atoms with Gasteiger partial charge in [0.05, 0.1) is 21.7 Å². The number of carbonyl (C=O) groups is 2. The van der Waals surface area contributed by atoms with Gasteiger partial charge >= 0.3 is 0 Å². The lowest BCUT2D eigenvalue weighted by Gasteiger charge is -2.27. The number of rotatable bonds is 8. The van der Waals surface area contributed by atoms with Crippen LogP contribution in [0.1, 0.15) is 18.1 Å². The van der Waals surface area contributed by atoms with E-state index in [9.17, 15) is 9.59 Å². The van der Waals surface area contributed by atoms with Crippen molar-refractivity contribution in [3.05, 3.63) is 74.8 Å². The van der Waals surface area contributed by atoms with Crippen LogP contribution in [-0.2, 0) is 16.2 Å². The van der Waals surface area contributed by atoms with Crippen LogP contribution in [-0.4, -0.2) is 35.0 Å². The van der Waals surface area contributed by atoms with E-state index in [0.29, 0.717) is 33.7 Å². The highest BCUT2D eigenvalue weighted by atomic mass is 35.5. The highest BCUT2D eigenvalue weighted by Crippen LogP contribution is 2.38. The summed E-state index contributed by atoms with van der Waals surface area (Å²) < 4.78 is 11.6. The Hall–Kier alpha value is -2.58. The highest BCUT2D eigenvalue weighted by molar-refractivity contribution is 7.80. The first-order valence-electron chi connectivity index (χ1n) is 9.78. The maximum Gasteiger partial charge on any atom is 0.265 e. The van der Waals surface area contributed by atoms with Gasteiger partial charge in [0.2, 0.25) is 0 Å². The van der Waals surface area contributed by atoms with Crippen molar-refractivity contribution in [2.45, 2.75) is 13.5 Å². The fraction of sp³-hybridized carbons (Fsp3) is 0.174. The van der Waals surface area contributed by atoms with E-state index in [1.807, 2.05) is 6.92 Å². The predicted octanol–water partition coefficient (Wildman–Crippen LogP) is 5.44. The summed E-state index contributed by atoms with van der Waals surface area (Å²) >= 11 is 23.6. The van der Waals surface area contributed by atoms with Gasteiger partial charge in [-0.3, -0.25) is 19.8 Å². The minimum atomic E-state index is -0.598. The van der Waals surface area contributed by atoms with Crippen molar-refractivity contribution in [1.82, 2.24) is 10.2 Å². The van der Waals surface area contributed by atoms with Gasteiger partial charge in [-0.15, -0.1) is 6.58 Å². The van der Waals surface area contributed by atoms with Gasteiger partial charge in [0, 0.05) is 6.54 Å². The summed E-state index contributed by atoms with van der Waals surface area (Å²) in [6, 6.07) is 8.37. The second kappa shape index (κ2) is 11.0. The van der Waals surface area contributed by atoms with Crippen molar-refractivity contribution >= 4 is 70.0 Å². The van der Waals surface area contributed by atoms with Crippen molar-refractivity contribution in [3.63, 3.8) is 0 Å². The van der Waals surface area contributed by atoms with Crippen LogP contribution in [0.4, 0.5) is 0 Å². The lowest BCUT2D eigenvalue weighted by Crippen LogP contribution is -2.53. The fourth-order valence-corrected chi connectivity index (χ4v) is 3.86. The molecule has 1 aliphatic rings. The normalized spacial score (nSPS) is 15.0. The number of hydrogen-bond donors (Lipinski definition) is 1. The second-order valence-electron chi connectivity index (χ2n) is 6.82. The van der Waals surface area contributed by atoms with E-state index in [1.54, 1.807) is 30.3 Å². The van der Waals surface area contributed by atoms with Crippen molar-refractivity contribution in [2.24, 2.45) is 0 Å². The number of nitrogens with zero attached hydrogens (tertiary/aromatic N) is 1.